The Morgan fingerprint density at radius 1 is 1.44 bits per heavy atom. The molecule has 1 unspecified atom stereocenters. The number of benzene rings is 1. The van der Waals surface area contributed by atoms with Gasteiger partial charge in [-0.2, -0.15) is 0 Å². The molecular formula is C11H12F2O3. The lowest BCUT2D eigenvalue weighted by Gasteiger charge is -2.22. The Morgan fingerprint density at radius 2 is 1.94 bits per heavy atom. The van der Waals surface area contributed by atoms with E-state index >= 15 is 0 Å². The summed E-state index contributed by atoms with van der Waals surface area (Å²) in [7, 11) is 0. The molecule has 1 rings (SSSR count). The summed E-state index contributed by atoms with van der Waals surface area (Å²) < 4.78 is 31.2. The first kappa shape index (κ1) is 12.6. The molecule has 0 spiro atoms. The van der Waals surface area contributed by atoms with Crippen molar-refractivity contribution >= 4 is 5.97 Å². The molecule has 0 radical (unpaired) electrons. The highest BCUT2D eigenvalue weighted by Crippen LogP contribution is 2.27. The molecule has 5 heteroatoms. The predicted octanol–water partition coefficient (Wildman–Crippen LogP) is 1.74. The van der Waals surface area contributed by atoms with Gasteiger partial charge in [0.1, 0.15) is 11.6 Å². The second kappa shape index (κ2) is 4.57. The molecule has 0 amide bonds. The van der Waals surface area contributed by atoms with E-state index in [0.717, 1.165) is 25.1 Å². The van der Waals surface area contributed by atoms with Crippen molar-refractivity contribution in [2.24, 2.45) is 0 Å². The third kappa shape index (κ3) is 2.19. The SMILES string of the molecule is CCOC(=O)C(C)(O)c1c(F)cccc1F. The zero-order valence-corrected chi connectivity index (χ0v) is 8.96. The van der Waals surface area contributed by atoms with Crippen LogP contribution in [0.25, 0.3) is 0 Å². The Kier molecular flexibility index (Phi) is 3.59. The van der Waals surface area contributed by atoms with Crippen LogP contribution < -0.4 is 0 Å². The van der Waals surface area contributed by atoms with Crippen LogP contribution in [0.4, 0.5) is 8.78 Å². The fourth-order valence-electron chi connectivity index (χ4n) is 1.34. The van der Waals surface area contributed by atoms with Gasteiger partial charge in [-0.15, -0.1) is 0 Å². The summed E-state index contributed by atoms with van der Waals surface area (Å²) in [6, 6.07) is 3.08. The maximum absolute atomic E-state index is 13.3. The Hall–Kier alpha value is -1.49. The van der Waals surface area contributed by atoms with Crippen LogP contribution in [-0.4, -0.2) is 17.7 Å². The number of esters is 1. The first-order valence-electron chi connectivity index (χ1n) is 4.75. The third-order valence-corrected chi connectivity index (χ3v) is 2.12. The molecule has 1 atom stereocenters. The third-order valence-electron chi connectivity index (χ3n) is 2.12. The lowest BCUT2D eigenvalue weighted by molar-refractivity contribution is -0.164. The van der Waals surface area contributed by atoms with E-state index in [4.69, 9.17) is 0 Å². The Morgan fingerprint density at radius 3 is 2.38 bits per heavy atom. The molecule has 3 nitrogen and oxygen atoms in total. The first-order valence-corrected chi connectivity index (χ1v) is 4.75. The largest absolute Gasteiger partial charge is 0.464 e. The lowest BCUT2D eigenvalue weighted by atomic mass is 9.95. The fraction of sp³-hybridized carbons (Fsp3) is 0.364. The van der Waals surface area contributed by atoms with E-state index in [2.05, 4.69) is 4.74 Å². The molecule has 88 valence electrons. The molecule has 0 aliphatic rings. The maximum Gasteiger partial charge on any atom is 0.342 e. The van der Waals surface area contributed by atoms with Crippen LogP contribution in [0.1, 0.15) is 19.4 Å². The van der Waals surface area contributed by atoms with E-state index in [0.29, 0.717) is 0 Å². The zero-order valence-electron chi connectivity index (χ0n) is 8.96. The maximum atomic E-state index is 13.3. The monoisotopic (exact) mass is 230 g/mol. The minimum atomic E-state index is -2.33. The lowest BCUT2D eigenvalue weighted by Crippen LogP contribution is -2.36. The number of ether oxygens (including phenoxy) is 1. The molecule has 0 aromatic heterocycles. The number of hydrogen-bond acceptors (Lipinski definition) is 3. The van der Waals surface area contributed by atoms with Crippen molar-refractivity contribution in [3.8, 4) is 0 Å². The molecule has 16 heavy (non-hydrogen) atoms. The summed E-state index contributed by atoms with van der Waals surface area (Å²) in [5.41, 5.74) is -3.03. The van der Waals surface area contributed by atoms with E-state index in [1.54, 1.807) is 0 Å². The standard InChI is InChI=1S/C11H12F2O3/c1-3-16-10(14)11(2,15)9-7(12)5-4-6-8(9)13/h4-6,15H,3H2,1-2H3. The van der Waals surface area contributed by atoms with Gasteiger partial charge in [-0.25, -0.2) is 13.6 Å². The Labute approximate surface area is 91.7 Å². The summed E-state index contributed by atoms with van der Waals surface area (Å²) in [4.78, 5) is 11.4. The number of halogens is 2. The molecule has 0 saturated carbocycles. The average Bonchev–Trinajstić information content (AvgIpc) is 2.17. The highest BCUT2D eigenvalue weighted by atomic mass is 19.1. The van der Waals surface area contributed by atoms with Gasteiger partial charge in [-0.05, 0) is 26.0 Å². The van der Waals surface area contributed by atoms with Gasteiger partial charge in [0.2, 0.25) is 0 Å². The van der Waals surface area contributed by atoms with Crippen LogP contribution in [-0.2, 0) is 15.1 Å². The molecule has 1 aromatic rings. The summed E-state index contributed by atoms with van der Waals surface area (Å²) in [5, 5.41) is 9.79. The number of aliphatic hydroxyl groups is 1. The number of carbonyl (C=O) groups excluding carboxylic acids is 1. The molecule has 0 heterocycles. The second-order valence-electron chi connectivity index (χ2n) is 3.39. The Balaban J connectivity index is 3.21. The van der Waals surface area contributed by atoms with Gasteiger partial charge in [0.25, 0.3) is 0 Å². The van der Waals surface area contributed by atoms with Crippen molar-refractivity contribution < 1.29 is 23.4 Å². The van der Waals surface area contributed by atoms with Crippen molar-refractivity contribution in [2.75, 3.05) is 6.61 Å². The van der Waals surface area contributed by atoms with Crippen LogP contribution in [0.3, 0.4) is 0 Å². The molecule has 0 aliphatic carbocycles. The van der Waals surface area contributed by atoms with Gasteiger partial charge < -0.3 is 9.84 Å². The molecular weight excluding hydrogens is 218 g/mol. The topological polar surface area (TPSA) is 46.5 Å². The molecule has 0 aliphatic heterocycles. The first-order chi connectivity index (χ1) is 7.41. The van der Waals surface area contributed by atoms with E-state index in [1.807, 2.05) is 0 Å². The van der Waals surface area contributed by atoms with E-state index in [1.165, 1.54) is 6.92 Å². The molecule has 0 saturated heterocycles. The molecule has 0 bridgehead atoms. The normalized spacial score (nSPS) is 14.3. The number of hydrogen-bond donors (Lipinski definition) is 1. The van der Waals surface area contributed by atoms with Crippen LogP contribution in [0, 0.1) is 11.6 Å². The fourth-order valence-corrected chi connectivity index (χ4v) is 1.34. The predicted molar refractivity (Wildman–Crippen MR) is 52.6 cm³/mol. The van der Waals surface area contributed by atoms with Crippen LogP contribution in [0.5, 0.6) is 0 Å². The molecule has 0 fully saturated rings. The average molecular weight is 230 g/mol. The number of carbonyl (C=O) groups is 1. The van der Waals surface area contributed by atoms with Gasteiger partial charge >= 0.3 is 5.97 Å². The van der Waals surface area contributed by atoms with Crippen molar-refractivity contribution in [1.29, 1.82) is 0 Å². The van der Waals surface area contributed by atoms with Crippen molar-refractivity contribution in [3.05, 3.63) is 35.4 Å². The van der Waals surface area contributed by atoms with E-state index < -0.39 is 28.8 Å². The Bertz CT molecular complexity index is 382. The zero-order chi connectivity index (χ0) is 12.3. The van der Waals surface area contributed by atoms with Gasteiger partial charge in [0.05, 0.1) is 12.2 Å². The van der Waals surface area contributed by atoms with Crippen LogP contribution in [0.15, 0.2) is 18.2 Å². The van der Waals surface area contributed by atoms with E-state index in [-0.39, 0.29) is 6.61 Å². The molecule has 1 aromatic carbocycles. The minimum Gasteiger partial charge on any atom is -0.464 e. The van der Waals surface area contributed by atoms with Crippen LogP contribution in [0.2, 0.25) is 0 Å². The van der Waals surface area contributed by atoms with Gasteiger partial charge in [0.15, 0.2) is 5.60 Å². The number of rotatable bonds is 3. The van der Waals surface area contributed by atoms with Crippen molar-refractivity contribution in [1.82, 2.24) is 0 Å². The quantitative estimate of drug-likeness (QED) is 0.804. The summed E-state index contributed by atoms with van der Waals surface area (Å²) >= 11 is 0. The van der Waals surface area contributed by atoms with Crippen molar-refractivity contribution in [2.45, 2.75) is 19.4 Å². The second-order valence-corrected chi connectivity index (χ2v) is 3.39. The minimum absolute atomic E-state index is 0.0189. The highest BCUT2D eigenvalue weighted by molar-refractivity contribution is 5.80. The van der Waals surface area contributed by atoms with Gasteiger partial charge in [0, 0.05) is 0 Å². The van der Waals surface area contributed by atoms with Gasteiger partial charge in [-0.1, -0.05) is 6.07 Å². The van der Waals surface area contributed by atoms with Gasteiger partial charge in [-0.3, -0.25) is 0 Å². The summed E-state index contributed by atoms with van der Waals surface area (Å²) in [6.45, 7) is 2.54. The highest BCUT2D eigenvalue weighted by Gasteiger charge is 2.39. The molecule has 1 N–H and O–H groups in total. The van der Waals surface area contributed by atoms with Crippen molar-refractivity contribution in [3.63, 3.8) is 0 Å². The smallest absolute Gasteiger partial charge is 0.342 e. The summed E-state index contributed by atoms with van der Waals surface area (Å²) in [5.74, 6) is -3.06. The van der Waals surface area contributed by atoms with E-state index in [9.17, 15) is 18.7 Å². The van der Waals surface area contributed by atoms with Crippen LogP contribution >= 0.6 is 0 Å². The summed E-state index contributed by atoms with van der Waals surface area (Å²) in [6.07, 6.45) is 0.